The van der Waals surface area contributed by atoms with E-state index >= 15 is 0 Å². The molecule has 0 atom stereocenters. The number of carbonyl (C=O) groups excluding carboxylic acids is 3. The number of hydrogen-bond acceptors (Lipinski definition) is 8. The van der Waals surface area contributed by atoms with Gasteiger partial charge in [0.25, 0.3) is 5.91 Å². The Morgan fingerprint density at radius 1 is 0.957 bits per heavy atom. The summed E-state index contributed by atoms with van der Waals surface area (Å²) in [6.07, 6.45) is 4.72. The minimum Gasteiger partial charge on any atom is -0.365 e. The molecule has 0 aliphatic carbocycles. The number of rotatable bonds is 8. The van der Waals surface area contributed by atoms with E-state index in [4.69, 9.17) is 5.26 Å². The highest BCUT2D eigenvalue weighted by Gasteiger charge is 2.25. The quantitative estimate of drug-likeness (QED) is 0.272. The second kappa shape index (κ2) is 14.6. The zero-order valence-corrected chi connectivity index (χ0v) is 26.2. The van der Waals surface area contributed by atoms with Gasteiger partial charge in [0.05, 0.1) is 28.7 Å². The summed E-state index contributed by atoms with van der Waals surface area (Å²) in [5, 5.41) is 21.2. The molecule has 5 rings (SSSR count). The van der Waals surface area contributed by atoms with E-state index in [-0.39, 0.29) is 18.0 Å². The number of piperazine rings is 1. The van der Waals surface area contributed by atoms with E-state index in [0.717, 1.165) is 37.2 Å². The number of nitrogens with one attached hydrogen (secondary N) is 4. The summed E-state index contributed by atoms with van der Waals surface area (Å²) in [7, 11) is 2.08. The number of piperidine rings is 1. The molecule has 1 aromatic heterocycles. The molecular formula is C34H39N9O3. The van der Waals surface area contributed by atoms with Crippen molar-refractivity contribution in [2.45, 2.75) is 25.8 Å². The molecular weight excluding hydrogens is 582 g/mol. The van der Waals surface area contributed by atoms with Gasteiger partial charge in [0.1, 0.15) is 0 Å². The summed E-state index contributed by atoms with van der Waals surface area (Å²) in [6.45, 7) is 9.55. The van der Waals surface area contributed by atoms with Gasteiger partial charge in [-0.3, -0.25) is 9.59 Å². The second-order valence-corrected chi connectivity index (χ2v) is 11.6. The van der Waals surface area contributed by atoms with Crippen LogP contribution in [-0.4, -0.2) is 85.0 Å². The average Bonchev–Trinajstić information content (AvgIpc) is 3.07. The van der Waals surface area contributed by atoms with E-state index in [2.05, 4.69) is 55.7 Å². The van der Waals surface area contributed by atoms with Crippen LogP contribution < -0.4 is 26.2 Å². The number of hydrogen-bond donors (Lipinski definition) is 4. The first-order valence-corrected chi connectivity index (χ1v) is 15.3. The third-order valence-electron chi connectivity index (χ3n) is 8.21. The highest BCUT2D eigenvalue weighted by Crippen LogP contribution is 2.33. The Bertz CT molecular complexity index is 1630. The lowest BCUT2D eigenvalue weighted by atomic mass is 10.0. The maximum atomic E-state index is 13.1. The molecule has 46 heavy (non-hydrogen) atoms. The molecule has 238 valence electrons. The topological polar surface area (TPSA) is 146 Å². The van der Waals surface area contributed by atoms with Crippen LogP contribution in [0.3, 0.4) is 0 Å². The van der Waals surface area contributed by atoms with Crippen molar-refractivity contribution >= 4 is 46.4 Å². The van der Waals surface area contributed by atoms with Crippen molar-refractivity contribution in [1.82, 2.24) is 20.1 Å². The fraction of sp³-hybridized carbons (Fsp3) is 0.324. The highest BCUT2D eigenvalue weighted by molar-refractivity contribution is 6.04. The third kappa shape index (κ3) is 7.99. The van der Waals surface area contributed by atoms with E-state index in [9.17, 15) is 14.4 Å². The van der Waals surface area contributed by atoms with Crippen LogP contribution in [-0.2, 0) is 4.79 Å². The van der Waals surface area contributed by atoms with Gasteiger partial charge in [-0.2, -0.15) is 5.26 Å². The number of amides is 4. The Balaban J connectivity index is 1.29. The molecule has 2 fully saturated rings. The molecule has 12 heteroatoms. The first-order chi connectivity index (χ1) is 22.2. The second-order valence-electron chi connectivity index (χ2n) is 11.6. The van der Waals surface area contributed by atoms with Gasteiger partial charge in [0, 0.05) is 49.7 Å². The number of carbonyl (C=O) groups is 3. The smallest absolute Gasteiger partial charge is 0.321 e. The fourth-order valence-corrected chi connectivity index (χ4v) is 5.50. The number of benzene rings is 2. The monoisotopic (exact) mass is 621 g/mol. The normalized spacial score (nSPS) is 15.4. The maximum absolute atomic E-state index is 13.1. The van der Waals surface area contributed by atoms with Gasteiger partial charge in [0.2, 0.25) is 5.91 Å². The SMILES string of the molecule is C=CC(=O)Nc1cc(C(=O)NC2CCN(C)CC2)ccc1Nc1ncc(C)cc1N1CCN(C(=O)Nc2ccc(C#N)cc2)CC1. The lowest BCUT2D eigenvalue weighted by Crippen LogP contribution is -2.50. The molecule has 2 aromatic carbocycles. The van der Waals surface area contributed by atoms with Crippen molar-refractivity contribution in [1.29, 1.82) is 5.26 Å². The molecule has 0 spiro atoms. The zero-order chi connectivity index (χ0) is 32.6. The first kappa shape index (κ1) is 32.0. The van der Waals surface area contributed by atoms with Gasteiger partial charge in [-0.15, -0.1) is 0 Å². The van der Waals surface area contributed by atoms with E-state index < -0.39 is 5.91 Å². The number of aryl methyl sites for hydroxylation is 1. The Morgan fingerprint density at radius 3 is 2.35 bits per heavy atom. The summed E-state index contributed by atoms with van der Waals surface area (Å²) in [5.74, 6) is -0.00687. The molecule has 0 unspecified atom stereocenters. The van der Waals surface area contributed by atoms with Gasteiger partial charge in [-0.1, -0.05) is 6.58 Å². The van der Waals surface area contributed by atoms with Crippen molar-refractivity contribution in [2.75, 3.05) is 67.2 Å². The van der Waals surface area contributed by atoms with Crippen LogP contribution in [0.5, 0.6) is 0 Å². The van der Waals surface area contributed by atoms with Crippen LogP contribution in [0.1, 0.15) is 34.3 Å². The van der Waals surface area contributed by atoms with Crippen LogP contribution in [0.4, 0.5) is 33.4 Å². The van der Waals surface area contributed by atoms with Gasteiger partial charge in [-0.25, -0.2) is 9.78 Å². The molecule has 0 radical (unpaired) electrons. The summed E-state index contributed by atoms with van der Waals surface area (Å²) in [6, 6.07) is 15.9. The zero-order valence-electron chi connectivity index (χ0n) is 26.2. The number of urea groups is 1. The number of pyridine rings is 1. The molecule has 0 saturated carbocycles. The minimum absolute atomic E-state index is 0.106. The molecule has 0 bridgehead atoms. The average molecular weight is 622 g/mol. The van der Waals surface area contributed by atoms with Crippen LogP contribution in [0.2, 0.25) is 0 Å². The molecule has 2 aliphatic rings. The predicted octanol–water partition coefficient (Wildman–Crippen LogP) is 4.31. The standard InChI is InChI=1S/C34H39N9O3/c1-4-31(44)39-29-20-25(33(45)37-27-11-13-41(3)14-12-27)7-10-28(29)40-32-30(19-23(2)22-36-32)42-15-17-43(18-16-42)34(46)38-26-8-5-24(21-35)6-9-26/h4-10,19-20,22,27H,1,11-18H2,2-3H3,(H,36,40)(H,37,45)(H,38,46)(H,39,44). The minimum atomic E-state index is -0.400. The van der Waals surface area contributed by atoms with Crippen molar-refractivity contribution in [2.24, 2.45) is 0 Å². The number of anilines is 5. The lowest BCUT2D eigenvalue weighted by Gasteiger charge is -2.36. The first-order valence-electron chi connectivity index (χ1n) is 15.3. The van der Waals surface area contributed by atoms with Crippen LogP contribution in [0.15, 0.2) is 67.4 Å². The number of likely N-dealkylation sites (tertiary alicyclic amines) is 1. The van der Waals surface area contributed by atoms with Crippen LogP contribution >= 0.6 is 0 Å². The Kier molecular flexibility index (Phi) is 10.1. The third-order valence-corrected chi connectivity index (χ3v) is 8.21. The van der Waals surface area contributed by atoms with Crippen molar-refractivity contribution < 1.29 is 14.4 Å². The Hall–Kier alpha value is -5.41. The Labute approximate surface area is 269 Å². The highest BCUT2D eigenvalue weighted by atomic mass is 16.2. The number of nitriles is 1. The molecule has 4 N–H and O–H groups in total. The molecule has 2 aliphatic heterocycles. The molecule has 12 nitrogen and oxygen atoms in total. The molecule has 3 aromatic rings. The largest absolute Gasteiger partial charge is 0.365 e. The van der Waals surface area contributed by atoms with Crippen molar-refractivity contribution in [3.63, 3.8) is 0 Å². The molecule has 3 heterocycles. The van der Waals surface area contributed by atoms with Gasteiger partial charge in [-0.05, 0) is 100 Å². The van der Waals surface area contributed by atoms with E-state index in [0.29, 0.717) is 60.2 Å². The number of aromatic nitrogens is 1. The maximum Gasteiger partial charge on any atom is 0.321 e. The van der Waals surface area contributed by atoms with Crippen molar-refractivity contribution in [3.05, 3.63) is 84.1 Å². The number of nitrogens with zero attached hydrogens (tertiary/aromatic N) is 5. The van der Waals surface area contributed by atoms with Gasteiger partial charge >= 0.3 is 6.03 Å². The molecule has 2 saturated heterocycles. The lowest BCUT2D eigenvalue weighted by molar-refractivity contribution is -0.111. The van der Waals surface area contributed by atoms with Crippen LogP contribution in [0, 0.1) is 18.3 Å². The van der Waals surface area contributed by atoms with E-state index in [1.165, 1.54) is 6.08 Å². The van der Waals surface area contributed by atoms with Crippen molar-refractivity contribution in [3.8, 4) is 6.07 Å². The van der Waals surface area contributed by atoms with E-state index in [1.807, 2.05) is 13.0 Å². The van der Waals surface area contributed by atoms with Gasteiger partial charge < -0.3 is 36.0 Å². The summed E-state index contributed by atoms with van der Waals surface area (Å²) in [4.78, 5) is 49.2. The van der Waals surface area contributed by atoms with Gasteiger partial charge in [0.15, 0.2) is 5.82 Å². The fourth-order valence-electron chi connectivity index (χ4n) is 5.50. The van der Waals surface area contributed by atoms with E-state index in [1.54, 1.807) is 53.6 Å². The molecule has 4 amide bonds. The predicted molar refractivity (Wildman–Crippen MR) is 179 cm³/mol. The summed E-state index contributed by atoms with van der Waals surface area (Å²) >= 11 is 0. The Morgan fingerprint density at radius 2 is 1.67 bits per heavy atom. The summed E-state index contributed by atoms with van der Waals surface area (Å²) in [5.41, 5.74) is 4.44. The summed E-state index contributed by atoms with van der Waals surface area (Å²) < 4.78 is 0. The van der Waals surface area contributed by atoms with Crippen LogP contribution in [0.25, 0.3) is 0 Å².